The largest absolute Gasteiger partial charge is 0.354 e. The topological polar surface area (TPSA) is 66.5 Å². The molecule has 1 spiro atoms. The Morgan fingerprint density at radius 2 is 1.85 bits per heavy atom. The van der Waals surface area contributed by atoms with Gasteiger partial charge in [-0.1, -0.05) is 37.0 Å². The highest BCUT2D eigenvalue weighted by atomic mass is 32.2. The average molecular weight is 375 g/mol. The molecule has 0 bridgehead atoms. The number of hydrogen-bond donors (Lipinski definition) is 1. The van der Waals surface area contributed by atoms with Crippen LogP contribution in [0.3, 0.4) is 0 Å². The normalized spacial score (nSPS) is 19.2. The molecule has 26 heavy (non-hydrogen) atoms. The highest BCUT2D eigenvalue weighted by Crippen LogP contribution is 2.45. The van der Waals surface area contributed by atoms with Gasteiger partial charge in [-0.3, -0.25) is 19.3 Å². The number of benzene rings is 1. The molecule has 3 amide bonds. The summed E-state index contributed by atoms with van der Waals surface area (Å²) >= 11 is 1.67. The second-order valence-corrected chi connectivity index (χ2v) is 8.48. The Morgan fingerprint density at radius 3 is 2.54 bits per heavy atom. The molecule has 2 aliphatic rings. The van der Waals surface area contributed by atoms with Crippen molar-refractivity contribution < 1.29 is 14.4 Å². The Kier molecular flexibility index (Phi) is 6.01. The number of thioether (sulfide) groups is 1. The molecule has 0 atom stereocenters. The molecule has 1 heterocycles. The van der Waals surface area contributed by atoms with Gasteiger partial charge >= 0.3 is 0 Å². The van der Waals surface area contributed by atoms with Crippen molar-refractivity contribution in [2.45, 2.75) is 50.3 Å². The first-order valence-electron chi connectivity index (χ1n) is 9.31. The van der Waals surface area contributed by atoms with Crippen molar-refractivity contribution in [3.63, 3.8) is 0 Å². The highest BCUT2D eigenvalue weighted by Gasteiger charge is 2.51. The van der Waals surface area contributed by atoms with Crippen LogP contribution >= 0.6 is 11.8 Å². The van der Waals surface area contributed by atoms with Crippen molar-refractivity contribution in [2.75, 3.05) is 18.8 Å². The molecule has 140 valence electrons. The van der Waals surface area contributed by atoms with Crippen LogP contribution in [0.2, 0.25) is 0 Å². The van der Waals surface area contributed by atoms with Crippen molar-refractivity contribution in [1.82, 2.24) is 10.2 Å². The number of amides is 3. The third-order valence-electron chi connectivity index (χ3n) is 5.32. The average Bonchev–Trinajstić information content (AvgIpc) is 2.85. The van der Waals surface area contributed by atoms with Crippen LogP contribution in [0.1, 0.15) is 44.1 Å². The predicted molar refractivity (Wildman–Crippen MR) is 102 cm³/mol. The Labute approximate surface area is 158 Å². The Hall–Kier alpha value is -1.82. The molecule has 0 radical (unpaired) electrons. The number of nitrogens with one attached hydrogen (secondary N) is 1. The third kappa shape index (κ3) is 4.29. The first-order chi connectivity index (χ1) is 12.5. The summed E-state index contributed by atoms with van der Waals surface area (Å²) in [5, 5.41) is 2.82. The summed E-state index contributed by atoms with van der Waals surface area (Å²) in [5.41, 5.74) is 0.704. The van der Waals surface area contributed by atoms with Gasteiger partial charge in [0.25, 0.3) is 0 Å². The van der Waals surface area contributed by atoms with Crippen LogP contribution < -0.4 is 5.32 Å². The summed E-state index contributed by atoms with van der Waals surface area (Å²) < 4.78 is 0. The van der Waals surface area contributed by atoms with Crippen molar-refractivity contribution in [3.8, 4) is 0 Å². The van der Waals surface area contributed by atoms with Gasteiger partial charge in [-0.05, 0) is 31.9 Å². The van der Waals surface area contributed by atoms with Crippen LogP contribution in [0.25, 0.3) is 0 Å². The molecule has 1 aromatic carbocycles. The van der Waals surface area contributed by atoms with Crippen molar-refractivity contribution in [2.24, 2.45) is 5.41 Å². The standard InChI is InChI=1S/C20H26N2O3S/c1-15-5-7-16(8-6-15)26-12-11-21-17(23)14-22-18(24)13-20(19(22)25)9-3-2-4-10-20/h5-8H,2-4,9-14H2,1H3,(H,21,23). The first kappa shape index (κ1) is 19.0. The van der Waals surface area contributed by atoms with Crippen molar-refractivity contribution in [1.29, 1.82) is 0 Å². The number of nitrogens with zero attached hydrogens (tertiary/aromatic N) is 1. The summed E-state index contributed by atoms with van der Waals surface area (Å²) in [5.74, 6) is 0.164. The van der Waals surface area contributed by atoms with Gasteiger partial charge in [0.15, 0.2) is 0 Å². The van der Waals surface area contributed by atoms with E-state index < -0.39 is 5.41 Å². The minimum atomic E-state index is -0.517. The van der Waals surface area contributed by atoms with Crippen LogP contribution in [-0.2, 0) is 14.4 Å². The van der Waals surface area contributed by atoms with Crippen molar-refractivity contribution in [3.05, 3.63) is 29.8 Å². The van der Waals surface area contributed by atoms with E-state index in [4.69, 9.17) is 0 Å². The lowest BCUT2D eigenvalue weighted by atomic mass is 9.73. The summed E-state index contributed by atoms with van der Waals surface area (Å²) in [6.07, 6.45) is 4.96. The third-order valence-corrected chi connectivity index (χ3v) is 6.33. The quantitative estimate of drug-likeness (QED) is 0.472. The zero-order valence-corrected chi connectivity index (χ0v) is 16.1. The number of likely N-dealkylation sites (tertiary alicyclic amines) is 1. The number of hydrogen-bond acceptors (Lipinski definition) is 4. The van der Waals surface area contributed by atoms with Gasteiger partial charge in [-0.25, -0.2) is 0 Å². The molecule has 1 saturated heterocycles. The van der Waals surface area contributed by atoms with E-state index >= 15 is 0 Å². The minimum Gasteiger partial charge on any atom is -0.354 e. The van der Waals surface area contributed by atoms with Crippen LogP contribution in [0.4, 0.5) is 0 Å². The lowest BCUT2D eigenvalue weighted by molar-refractivity contribution is -0.145. The molecule has 0 aromatic heterocycles. The molecule has 0 unspecified atom stereocenters. The molecular formula is C20H26N2O3S. The van der Waals surface area contributed by atoms with Gasteiger partial charge in [0.05, 0.1) is 5.41 Å². The molecular weight excluding hydrogens is 348 g/mol. The summed E-state index contributed by atoms with van der Waals surface area (Å²) in [6, 6.07) is 8.25. The highest BCUT2D eigenvalue weighted by molar-refractivity contribution is 7.99. The Balaban J connectivity index is 1.43. The summed E-state index contributed by atoms with van der Waals surface area (Å²) in [4.78, 5) is 39.4. The smallest absolute Gasteiger partial charge is 0.240 e. The zero-order chi connectivity index (χ0) is 18.6. The zero-order valence-electron chi connectivity index (χ0n) is 15.3. The number of carbonyl (C=O) groups is 3. The number of rotatable bonds is 6. The number of imide groups is 1. The van der Waals surface area contributed by atoms with Gasteiger partial charge in [-0.15, -0.1) is 11.8 Å². The maximum atomic E-state index is 12.7. The Morgan fingerprint density at radius 1 is 1.15 bits per heavy atom. The Bertz CT molecular complexity index is 681. The van der Waals surface area contributed by atoms with E-state index in [9.17, 15) is 14.4 Å². The SMILES string of the molecule is Cc1ccc(SCCNC(=O)CN2C(=O)CC3(CCCCC3)C2=O)cc1. The van der Waals surface area contributed by atoms with E-state index in [0.29, 0.717) is 6.54 Å². The van der Waals surface area contributed by atoms with Gasteiger partial charge in [0, 0.05) is 23.6 Å². The molecule has 3 rings (SSSR count). The second kappa shape index (κ2) is 8.25. The molecule has 1 aromatic rings. The van der Waals surface area contributed by atoms with Crippen LogP contribution in [0, 0.1) is 12.3 Å². The molecule has 1 aliphatic carbocycles. The first-order valence-corrected chi connectivity index (χ1v) is 10.3. The van der Waals surface area contributed by atoms with Crippen LogP contribution in [0.5, 0.6) is 0 Å². The number of carbonyl (C=O) groups excluding carboxylic acids is 3. The van der Waals surface area contributed by atoms with Gasteiger partial charge in [0.1, 0.15) is 6.54 Å². The van der Waals surface area contributed by atoms with Gasteiger partial charge in [-0.2, -0.15) is 0 Å². The van der Waals surface area contributed by atoms with E-state index in [2.05, 4.69) is 29.6 Å². The monoisotopic (exact) mass is 374 g/mol. The summed E-state index contributed by atoms with van der Waals surface area (Å²) in [6.45, 7) is 2.42. The lowest BCUT2D eigenvalue weighted by Gasteiger charge is -2.30. The fourth-order valence-electron chi connectivity index (χ4n) is 3.83. The molecule has 2 fully saturated rings. The fraction of sp³-hybridized carbons (Fsp3) is 0.550. The minimum absolute atomic E-state index is 0.133. The molecule has 6 heteroatoms. The lowest BCUT2D eigenvalue weighted by Crippen LogP contribution is -2.43. The molecule has 1 saturated carbocycles. The van der Waals surface area contributed by atoms with Crippen LogP contribution in [0.15, 0.2) is 29.2 Å². The second-order valence-electron chi connectivity index (χ2n) is 7.31. The summed E-state index contributed by atoms with van der Waals surface area (Å²) in [7, 11) is 0. The van der Waals surface area contributed by atoms with E-state index in [1.807, 2.05) is 6.92 Å². The fourth-order valence-corrected chi connectivity index (χ4v) is 4.60. The van der Waals surface area contributed by atoms with Gasteiger partial charge < -0.3 is 5.32 Å². The maximum Gasteiger partial charge on any atom is 0.240 e. The molecule has 1 N–H and O–H groups in total. The molecule has 1 aliphatic heterocycles. The van der Waals surface area contributed by atoms with E-state index in [0.717, 1.165) is 42.8 Å². The van der Waals surface area contributed by atoms with Gasteiger partial charge in [0.2, 0.25) is 17.7 Å². The van der Waals surface area contributed by atoms with Crippen molar-refractivity contribution >= 4 is 29.5 Å². The molecule has 5 nitrogen and oxygen atoms in total. The number of aryl methyl sites for hydroxylation is 1. The van der Waals surface area contributed by atoms with Crippen LogP contribution in [-0.4, -0.2) is 41.5 Å². The van der Waals surface area contributed by atoms with E-state index in [1.165, 1.54) is 10.5 Å². The van der Waals surface area contributed by atoms with E-state index in [-0.39, 0.29) is 30.7 Å². The predicted octanol–water partition coefficient (Wildman–Crippen LogP) is 2.91. The van der Waals surface area contributed by atoms with E-state index in [1.54, 1.807) is 11.8 Å². The maximum absolute atomic E-state index is 12.7.